The molecular formula is C10H18N2O4. The van der Waals surface area contributed by atoms with Crippen LogP contribution in [0, 0.1) is 0 Å². The number of carbonyl (C=O) groups excluding carboxylic acids is 1. The van der Waals surface area contributed by atoms with Crippen molar-refractivity contribution in [1.29, 1.82) is 0 Å². The Morgan fingerprint density at radius 2 is 2.25 bits per heavy atom. The molecule has 0 aliphatic carbocycles. The molecule has 1 rings (SSSR count). The molecule has 2 atom stereocenters. The number of methoxy groups -OCH3 is 1. The van der Waals surface area contributed by atoms with E-state index in [9.17, 15) is 9.59 Å². The molecule has 1 aliphatic heterocycles. The highest BCUT2D eigenvalue weighted by molar-refractivity contribution is 5.85. The van der Waals surface area contributed by atoms with Gasteiger partial charge in [0.25, 0.3) is 0 Å². The van der Waals surface area contributed by atoms with Crippen LogP contribution in [0.5, 0.6) is 0 Å². The maximum Gasteiger partial charge on any atom is 0.326 e. The van der Waals surface area contributed by atoms with E-state index in [-0.39, 0.29) is 18.6 Å². The lowest BCUT2D eigenvalue weighted by Gasteiger charge is -2.21. The van der Waals surface area contributed by atoms with Crippen LogP contribution in [-0.4, -0.2) is 60.8 Å². The number of aliphatic carboxylic acids is 1. The fourth-order valence-electron chi connectivity index (χ4n) is 1.81. The summed E-state index contributed by atoms with van der Waals surface area (Å²) >= 11 is 0. The van der Waals surface area contributed by atoms with Gasteiger partial charge in [0.1, 0.15) is 6.04 Å². The zero-order chi connectivity index (χ0) is 12.1. The third kappa shape index (κ3) is 2.93. The first-order chi connectivity index (χ1) is 7.60. The van der Waals surface area contributed by atoms with Crippen LogP contribution in [0.4, 0.5) is 0 Å². The van der Waals surface area contributed by atoms with Gasteiger partial charge in [0.05, 0.1) is 12.6 Å². The van der Waals surface area contributed by atoms with Gasteiger partial charge < -0.3 is 20.1 Å². The monoisotopic (exact) mass is 230 g/mol. The standard InChI is InChI=1S/C10H18N2O4/c1-3-11-5-9(13)12-6-7(16-2)4-8(12)10(14)15/h7-8,11H,3-6H2,1-2H3,(H,14,15). The Hall–Kier alpha value is -1.14. The average Bonchev–Trinajstić information content (AvgIpc) is 2.70. The number of carboxylic acids is 1. The van der Waals surface area contributed by atoms with Crippen molar-refractivity contribution >= 4 is 11.9 Å². The number of nitrogens with one attached hydrogen (secondary N) is 1. The quantitative estimate of drug-likeness (QED) is 0.652. The molecule has 1 aliphatic rings. The highest BCUT2D eigenvalue weighted by atomic mass is 16.5. The second kappa shape index (κ2) is 5.81. The summed E-state index contributed by atoms with van der Waals surface area (Å²) in [5, 5.41) is 11.9. The van der Waals surface area contributed by atoms with Crippen LogP contribution in [0.3, 0.4) is 0 Å². The van der Waals surface area contributed by atoms with E-state index in [1.807, 2.05) is 6.92 Å². The number of carbonyl (C=O) groups is 2. The largest absolute Gasteiger partial charge is 0.480 e. The van der Waals surface area contributed by atoms with Crippen molar-refractivity contribution in [3.63, 3.8) is 0 Å². The molecule has 1 fully saturated rings. The Morgan fingerprint density at radius 3 is 2.75 bits per heavy atom. The van der Waals surface area contributed by atoms with Gasteiger partial charge in [-0.2, -0.15) is 0 Å². The molecule has 0 aromatic rings. The lowest BCUT2D eigenvalue weighted by Crippen LogP contribution is -2.44. The summed E-state index contributed by atoms with van der Waals surface area (Å²) < 4.78 is 5.10. The lowest BCUT2D eigenvalue weighted by atomic mass is 10.2. The van der Waals surface area contributed by atoms with Crippen LogP contribution in [0.2, 0.25) is 0 Å². The van der Waals surface area contributed by atoms with E-state index in [1.54, 1.807) is 0 Å². The number of carboxylic acid groups (broad SMARTS) is 1. The minimum atomic E-state index is -0.968. The third-order valence-electron chi connectivity index (χ3n) is 2.73. The molecular weight excluding hydrogens is 212 g/mol. The first-order valence-corrected chi connectivity index (χ1v) is 5.36. The smallest absolute Gasteiger partial charge is 0.326 e. The van der Waals surface area contributed by atoms with Crippen LogP contribution in [-0.2, 0) is 14.3 Å². The summed E-state index contributed by atoms with van der Waals surface area (Å²) in [6, 6.07) is -0.754. The van der Waals surface area contributed by atoms with Crippen LogP contribution in [0.1, 0.15) is 13.3 Å². The molecule has 0 bridgehead atoms. The van der Waals surface area contributed by atoms with Crippen LogP contribution in [0.25, 0.3) is 0 Å². The maximum atomic E-state index is 11.7. The fraction of sp³-hybridized carbons (Fsp3) is 0.800. The molecule has 6 heteroatoms. The predicted octanol–water partition coefficient (Wildman–Crippen LogP) is -0.704. The van der Waals surface area contributed by atoms with Gasteiger partial charge in [0.15, 0.2) is 0 Å². The first-order valence-electron chi connectivity index (χ1n) is 5.36. The van der Waals surface area contributed by atoms with Gasteiger partial charge in [0, 0.05) is 20.1 Å². The van der Waals surface area contributed by atoms with E-state index in [0.717, 1.165) is 0 Å². The molecule has 2 unspecified atom stereocenters. The Bertz CT molecular complexity index is 270. The van der Waals surface area contributed by atoms with Crippen LogP contribution >= 0.6 is 0 Å². The first kappa shape index (κ1) is 12.9. The molecule has 1 saturated heterocycles. The number of hydrogen-bond acceptors (Lipinski definition) is 4. The molecule has 1 heterocycles. The molecule has 0 aromatic heterocycles. The predicted molar refractivity (Wildman–Crippen MR) is 57.1 cm³/mol. The normalized spacial score (nSPS) is 24.8. The molecule has 6 nitrogen and oxygen atoms in total. The lowest BCUT2D eigenvalue weighted by molar-refractivity contribution is -0.147. The molecule has 16 heavy (non-hydrogen) atoms. The van der Waals surface area contributed by atoms with Gasteiger partial charge in [-0.3, -0.25) is 4.79 Å². The molecule has 1 amide bonds. The van der Waals surface area contributed by atoms with Gasteiger partial charge in [0.2, 0.25) is 5.91 Å². The Morgan fingerprint density at radius 1 is 1.56 bits per heavy atom. The number of amides is 1. The molecule has 0 radical (unpaired) electrons. The number of nitrogens with zero attached hydrogens (tertiary/aromatic N) is 1. The van der Waals surface area contributed by atoms with Crippen molar-refractivity contribution in [3.8, 4) is 0 Å². The Labute approximate surface area is 94.6 Å². The average molecular weight is 230 g/mol. The van der Waals surface area contributed by atoms with Gasteiger partial charge >= 0.3 is 5.97 Å². The SMILES string of the molecule is CCNCC(=O)N1CC(OC)CC1C(=O)O. The van der Waals surface area contributed by atoms with Crippen molar-refractivity contribution in [2.24, 2.45) is 0 Å². The van der Waals surface area contributed by atoms with Gasteiger partial charge in [-0.25, -0.2) is 4.79 Å². The number of rotatable bonds is 5. The van der Waals surface area contributed by atoms with Crippen molar-refractivity contribution in [2.45, 2.75) is 25.5 Å². The Kier molecular flexibility index (Phi) is 4.70. The summed E-state index contributed by atoms with van der Waals surface area (Å²) in [7, 11) is 1.53. The van der Waals surface area contributed by atoms with E-state index in [2.05, 4.69) is 5.32 Å². The van der Waals surface area contributed by atoms with Crippen molar-refractivity contribution in [3.05, 3.63) is 0 Å². The molecule has 2 N–H and O–H groups in total. The van der Waals surface area contributed by atoms with E-state index in [1.165, 1.54) is 12.0 Å². The zero-order valence-corrected chi connectivity index (χ0v) is 9.60. The van der Waals surface area contributed by atoms with Crippen LogP contribution < -0.4 is 5.32 Å². The zero-order valence-electron chi connectivity index (χ0n) is 9.60. The van der Waals surface area contributed by atoms with Gasteiger partial charge in [-0.05, 0) is 6.54 Å². The van der Waals surface area contributed by atoms with E-state index in [0.29, 0.717) is 19.5 Å². The number of ether oxygens (including phenoxy) is 1. The minimum Gasteiger partial charge on any atom is -0.480 e. The number of likely N-dealkylation sites (N-methyl/N-ethyl adjacent to an activating group) is 1. The molecule has 0 aromatic carbocycles. The summed E-state index contributed by atoms with van der Waals surface area (Å²) in [5.74, 6) is -1.15. The third-order valence-corrected chi connectivity index (χ3v) is 2.73. The van der Waals surface area contributed by atoms with Gasteiger partial charge in [-0.1, -0.05) is 6.92 Å². The second-order valence-corrected chi connectivity index (χ2v) is 3.77. The highest BCUT2D eigenvalue weighted by Gasteiger charge is 2.39. The van der Waals surface area contributed by atoms with Gasteiger partial charge in [-0.15, -0.1) is 0 Å². The van der Waals surface area contributed by atoms with Crippen molar-refractivity contribution in [1.82, 2.24) is 10.2 Å². The van der Waals surface area contributed by atoms with Crippen molar-refractivity contribution < 1.29 is 19.4 Å². The molecule has 92 valence electrons. The number of likely N-dealkylation sites (tertiary alicyclic amines) is 1. The minimum absolute atomic E-state index is 0.174. The van der Waals surface area contributed by atoms with Crippen LogP contribution in [0.15, 0.2) is 0 Å². The topological polar surface area (TPSA) is 78.9 Å². The van der Waals surface area contributed by atoms with E-state index in [4.69, 9.17) is 9.84 Å². The Balaban J connectivity index is 2.61. The van der Waals surface area contributed by atoms with Crippen molar-refractivity contribution in [2.75, 3.05) is 26.7 Å². The maximum absolute atomic E-state index is 11.7. The summed E-state index contributed by atoms with van der Waals surface area (Å²) in [6.07, 6.45) is 0.190. The summed E-state index contributed by atoms with van der Waals surface area (Å²) in [5.41, 5.74) is 0. The molecule has 0 spiro atoms. The second-order valence-electron chi connectivity index (χ2n) is 3.77. The summed E-state index contributed by atoms with van der Waals surface area (Å²) in [6.45, 7) is 3.11. The molecule has 0 saturated carbocycles. The highest BCUT2D eigenvalue weighted by Crippen LogP contribution is 2.20. The van der Waals surface area contributed by atoms with E-state index >= 15 is 0 Å². The number of hydrogen-bond donors (Lipinski definition) is 2. The summed E-state index contributed by atoms with van der Waals surface area (Å²) in [4.78, 5) is 24.1. The fourth-order valence-corrected chi connectivity index (χ4v) is 1.81. The van der Waals surface area contributed by atoms with E-state index < -0.39 is 12.0 Å².